The Bertz CT molecular complexity index is 1910. The van der Waals surface area contributed by atoms with Crippen LogP contribution in [-0.4, -0.2) is 5.43 Å². The van der Waals surface area contributed by atoms with Gasteiger partial charge in [-0.3, -0.25) is 0 Å². The molecule has 0 atom stereocenters. The van der Waals surface area contributed by atoms with Crippen LogP contribution >= 0.6 is 0 Å². The van der Waals surface area contributed by atoms with Gasteiger partial charge in [0.1, 0.15) is 0 Å². The average molecular weight is 681 g/mol. The van der Waals surface area contributed by atoms with E-state index in [4.69, 9.17) is 0 Å². The Kier molecular flexibility index (Phi) is 12.6. The number of hydrogen-bond donors (Lipinski definition) is 0. The zero-order valence-electron chi connectivity index (χ0n) is 24.5. The van der Waals surface area contributed by atoms with Crippen molar-refractivity contribution in [1.29, 1.82) is 0 Å². The molecule has 7 rings (SSSR count). The third kappa shape index (κ3) is 8.00. The fourth-order valence-electron chi connectivity index (χ4n) is 5.33. The summed E-state index contributed by atoms with van der Waals surface area (Å²) in [6, 6.07) is 47.8. The summed E-state index contributed by atoms with van der Waals surface area (Å²) in [4.78, 5) is 0. The third-order valence-corrected chi connectivity index (χ3v) is 6.95. The molecule has 0 fully saturated rings. The Morgan fingerprint density at radius 2 is 0.929 bits per heavy atom. The Morgan fingerprint density at radius 3 is 1.52 bits per heavy atom. The van der Waals surface area contributed by atoms with E-state index in [9.17, 15) is 0 Å². The Balaban J connectivity index is 0.000000200. The van der Waals surface area contributed by atoms with Crippen LogP contribution in [0.2, 0.25) is 13.1 Å². The predicted octanol–water partition coefficient (Wildman–Crippen LogP) is 5.01. The number of aryl methyl sites for hydroxylation is 2. The molecule has 0 amide bonds. The van der Waals surface area contributed by atoms with Crippen LogP contribution in [-0.2, 0) is 23.3 Å². The average Bonchev–Trinajstić information content (AvgIpc) is 3.54. The largest absolute Gasteiger partial charge is 1.00 e. The van der Waals surface area contributed by atoms with Gasteiger partial charge < -0.3 is 24.8 Å². The van der Waals surface area contributed by atoms with Gasteiger partial charge in [0.05, 0.1) is 0 Å². The number of rotatable bonds is 2. The molecule has 0 aliphatic heterocycles. The van der Waals surface area contributed by atoms with E-state index in [0.29, 0.717) is 0 Å². The molecule has 0 nitrogen and oxygen atoms in total. The van der Waals surface area contributed by atoms with Crippen molar-refractivity contribution in [2.45, 2.75) is 26.9 Å². The van der Waals surface area contributed by atoms with E-state index in [-0.39, 0.29) is 30.2 Å². The molecular weight excluding hydrogens is 647 g/mol. The second kappa shape index (κ2) is 15.6. The van der Waals surface area contributed by atoms with Crippen molar-refractivity contribution in [3.63, 3.8) is 0 Å². The maximum atomic E-state index is 2.31. The van der Waals surface area contributed by atoms with Crippen LogP contribution in [0.3, 0.4) is 0 Å². The number of halogens is 2. The molecule has 0 aromatic heterocycles. The van der Waals surface area contributed by atoms with Gasteiger partial charge in [0, 0.05) is 0 Å². The molecule has 0 unspecified atom stereocenters. The summed E-state index contributed by atoms with van der Waals surface area (Å²) in [6.07, 6.45) is 0. The summed E-state index contributed by atoms with van der Waals surface area (Å²) in [5, 5.41) is 7.98. The molecule has 210 valence electrons. The van der Waals surface area contributed by atoms with Crippen molar-refractivity contribution in [2.24, 2.45) is 0 Å². The summed E-state index contributed by atoms with van der Waals surface area (Å²) >= 11 is 1.74. The van der Waals surface area contributed by atoms with E-state index in [1.165, 1.54) is 65.7 Å². The Morgan fingerprint density at radius 1 is 0.500 bits per heavy atom. The summed E-state index contributed by atoms with van der Waals surface area (Å²) in [7, 11) is 0. The molecule has 4 heteroatoms. The van der Waals surface area contributed by atoms with Gasteiger partial charge in [0.15, 0.2) is 0 Å². The van der Waals surface area contributed by atoms with Crippen molar-refractivity contribution in [2.75, 3.05) is 0 Å². The first-order chi connectivity index (χ1) is 19.4. The van der Waals surface area contributed by atoms with Crippen LogP contribution in [0.1, 0.15) is 11.1 Å². The SMILES string of the molecule is C[Si](C)=[Zr+2].Cc1cc2c(-c3cccc4ccccc34)cccc2[cH-]1.Cc1cc2c(-c3ccccc3)cccc2[cH-]1.[Cl-].[Cl-]. The van der Waals surface area contributed by atoms with E-state index >= 15 is 0 Å². The van der Waals surface area contributed by atoms with E-state index < -0.39 is 0 Å². The van der Waals surface area contributed by atoms with Gasteiger partial charge in [0.25, 0.3) is 0 Å². The molecule has 0 bridgehead atoms. The molecule has 0 N–H and O–H groups in total. The van der Waals surface area contributed by atoms with Crippen molar-refractivity contribution in [3.8, 4) is 22.3 Å². The maximum absolute atomic E-state index is 2.31. The monoisotopic (exact) mass is 678 g/mol. The van der Waals surface area contributed by atoms with Gasteiger partial charge in [0.2, 0.25) is 0 Å². The van der Waals surface area contributed by atoms with Gasteiger partial charge in [-0.25, -0.2) is 0 Å². The second-order valence-corrected chi connectivity index (χ2v) is 19.9. The topological polar surface area (TPSA) is 0 Å². The van der Waals surface area contributed by atoms with Gasteiger partial charge in [-0.05, 0) is 21.9 Å². The second-order valence-electron chi connectivity index (χ2n) is 10.6. The van der Waals surface area contributed by atoms with E-state index in [1.54, 1.807) is 23.3 Å². The standard InChI is InChI=1S/C20H15.C16H13.C2H6Si.2ClH.Zr/c1-14-12-16-8-5-11-19(20(16)13-14)18-10-4-7-15-6-2-3-9-17(15)18;1-12-10-14-8-5-9-15(16(14)11-12)13-6-3-2-4-7-13;1-3-2;;;/h2-13H,1H3;2-11H,1H3;1-2H3;2*1H;/q2*-1;;;;+2/p-2. The predicted molar refractivity (Wildman–Crippen MR) is 174 cm³/mol. The zero-order chi connectivity index (χ0) is 28.1. The molecule has 7 aromatic carbocycles. The first kappa shape index (κ1) is 33.8. The molecule has 0 radical (unpaired) electrons. The fraction of sp³-hybridized carbons (Fsp3) is 0.105. The maximum Gasteiger partial charge on any atom is -0.0114 e. The Labute approximate surface area is 277 Å². The molecular formula is C38H34Cl2SiZr-2. The Hall–Kier alpha value is -2.74. The van der Waals surface area contributed by atoms with Crippen molar-refractivity contribution in [1.82, 2.24) is 0 Å². The quantitative estimate of drug-likeness (QED) is 0.178. The molecule has 0 aliphatic carbocycles. The normalized spacial score (nSPS) is 10.1. The molecule has 42 heavy (non-hydrogen) atoms. The number of benzene rings is 5. The van der Waals surface area contributed by atoms with Crippen molar-refractivity contribution < 1.29 is 48.1 Å². The minimum Gasteiger partial charge on any atom is -1.00 e. The van der Waals surface area contributed by atoms with Gasteiger partial charge in [-0.15, -0.1) is 69.1 Å². The van der Waals surface area contributed by atoms with Gasteiger partial charge >= 0.3 is 41.9 Å². The number of fused-ring (bicyclic) bond motifs is 3. The molecule has 0 heterocycles. The minimum atomic E-state index is 0. The summed E-state index contributed by atoms with van der Waals surface area (Å²) < 4.78 is 0. The molecule has 0 saturated heterocycles. The first-order valence-electron chi connectivity index (χ1n) is 13.8. The number of hydrogen-bond acceptors (Lipinski definition) is 0. The minimum absolute atomic E-state index is 0. The van der Waals surface area contributed by atoms with E-state index in [2.05, 4.69) is 160 Å². The fourth-order valence-corrected chi connectivity index (χ4v) is 5.33. The summed E-state index contributed by atoms with van der Waals surface area (Å²) in [5.41, 5.74) is 8.13. The molecule has 0 spiro atoms. The van der Waals surface area contributed by atoms with Crippen LogP contribution in [0.25, 0.3) is 54.6 Å². The van der Waals surface area contributed by atoms with E-state index in [0.717, 1.165) is 0 Å². The van der Waals surface area contributed by atoms with Crippen LogP contribution in [0.4, 0.5) is 0 Å². The molecule has 7 aromatic rings. The first-order valence-corrected chi connectivity index (χ1v) is 20.0. The smallest absolute Gasteiger partial charge is 0.0114 e. The van der Waals surface area contributed by atoms with E-state index in [1.807, 2.05) is 0 Å². The van der Waals surface area contributed by atoms with Crippen LogP contribution in [0.15, 0.2) is 133 Å². The van der Waals surface area contributed by atoms with Crippen LogP contribution < -0.4 is 24.8 Å². The van der Waals surface area contributed by atoms with Crippen LogP contribution in [0.5, 0.6) is 0 Å². The zero-order valence-corrected chi connectivity index (χ0v) is 29.4. The van der Waals surface area contributed by atoms with Crippen molar-refractivity contribution in [3.05, 3.63) is 145 Å². The van der Waals surface area contributed by atoms with Gasteiger partial charge in [-0.2, -0.15) is 12.1 Å². The summed E-state index contributed by atoms with van der Waals surface area (Å²) in [6.45, 7) is 8.92. The molecule has 0 saturated carbocycles. The third-order valence-electron chi connectivity index (χ3n) is 6.95. The van der Waals surface area contributed by atoms with Crippen molar-refractivity contribution >= 4 is 37.8 Å². The molecule has 0 aliphatic rings. The summed E-state index contributed by atoms with van der Waals surface area (Å²) in [5.74, 6) is 0. The van der Waals surface area contributed by atoms with Crippen LogP contribution in [0, 0.1) is 13.8 Å². The van der Waals surface area contributed by atoms with Gasteiger partial charge in [-0.1, -0.05) is 110 Å².